The van der Waals surface area contributed by atoms with Crippen LogP contribution in [-0.2, 0) is 10.0 Å². The largest absolute Gasteiger partial charge is 0.320 e. The number of hydrogen-bond acceptors (Lipinski definition) is 4. The van der Waals surface area contributed by atoms with Crippen molar-refractivity contribution in [2.24, 2.45) is 16.7 Å². The summed E-state index contributed by atoms with van der Waals surface area (Å²) >= 11 is 0. The van der Waals surface area contributed by atoms with Gasteiger partial charge in [-0.1, -0.05) is 26.0 Å². The topological polar surface area (TPSA) is 83.1 Å². The van der Waals surface area contributed by atoms with Gasteiger partial charge in [0.15, 0.2) is 0 Å². The normalized spacial score (nSPS) is 31.6. The number of fused-ring (bicyclic) bond motifs is 4. The van der Waals surface area contributed by atoms with Crippen molar-refractivity contribution in [2.75, 3.05) is 10.1 Å². The van der Waals surface area contributed by atoms with E-state index in [2.05, 4.69) is 18.8 Å². The van der Waals surface area contributed by atoms with Crippen LogP contribution in [0.2, 0.25) is 0 Å². The highest BCUT2D eigenvalue weighted by molar-refractivity contribution is 7.93. The predicted molar refractivity (Wildman–Crippen MR) is 113 cm³/mol. The van der Waals surface area contributed by atoms with Gasteiger partial charge in [0, 0.05) is 22.3 Å². The zero-order valence-corrected chi connectivity index (χ0v) is 17.3. The van der Waals surface area contributed by atoms with E-state index in [0.29, 0.717) is 22.8 Å². The number of anilines is 1. The molecule has 1 aromatic carbocycles. The molecule has 150 valence electrons. The van der Waals surface area contributed by atoms with Gasteiger partial charge in [0.2, 0.25) is 15.6 Å². The summed E-state index contributed by atoms with van der Waals surface area (Å²) in [5, 5.41) is 1.76. The standard InChI is InChI=1S/C22H23N3O3S/c1-21(2)15-9-10-22(21)12-29(27,28)25(16(22)11-15)17-7-5-13-3-4-14-6-8-18(26)24-20(14)19(13)23-17/h3-8,15-16H,9-12H2,1-2H3,(H,24,26)/t15-,16-,22-/m1/s1. The summed E-state index contributed by atoms with van der Waals surface area (Å²) in [6.45, 7) is 4.49. The van der Waals surface area contributed by atoms with Crippen molar-refractivity contribution in [1.29, 1.82) is 0 Å². The van der Waals surface area contributed by atoms with Gasteiger partial charge in [-0.2, -0.15) is 0 Å². The molecule has 1 aliphatic heterocycles. The Bertz CT molecular complexity index is 1360. The van der Waals surface area contributed by atoms with Crippen molar-refractivity contribution < 1.29 is 8.42 Å². The summed E-state index contributed by atoms with van der Waals surface area (Å²) in [6, 6.07) is 10.8. The van der Waals surface area contributed by atoms with Crippen molar-refractivity contribution in [3.63, 3.8) is 0 Å². The summed E-state index contributed by atoms with van der Waals surface area (Å²) in [7, 11) is -3.45. The van der Waals surface area contributed by atoms with Gasteiger partial charge < -0.3 is 4.98 Å². The van der Waals surface area contributed by atoms with Crippen LogP contribution >= 0.6 is 0 Å². The van der Waals surface area contributed by atoms with Gasteiger partial charge in [-0.15, -0.1) is 0 Å². The molecule has 0 radical (unpaired) electrons. The second kappa shape index (κ2) is 5.19. The van der Waals surface area contributed by atoms with Gasteiger partial charge >= 0.3 is 0 Å². The Morgan fingerprint density at radius 1 is 1.10 bits per heavy atom. The van der Waals surface area contributed by atoms with Crippen LogP contribution in [0, 0.1) is 16.7 Å². The molecular weight excluding hydrogens is 386 g/mol. The number of aromatic amines is 1. The first-order chi connectivity index (χ1) is 13.7. The molecule has 1 saturated heterocycles. The summed E-state index contributed by atoms with van der Waals surface area (Å²) in [4.78, 5) is 19.5. The van der Waals surface area contributed by atoms with Crippen molar-refractivity contribution in [3.05, 3.63) is 46.8 Å². The zero-order chi connectivity index (χ0) is 20.2. The maximum Gasteiger partial charge on any atom is 0.248 e. The van der Waals surface area contributed by atoms with Crippen LogP contribution in [0.25, 0.3) is 21.8 Å². The third-order valence-electron chi connectivity index (χ3n) is 8.18. The van der Waals surface area contributed by atoms with E-state index in [9.17, 15) is 13.2 Å². The quantitative estimate of drug-likeness (QED) is 0.624. The number of aromatic nitrogens is 2. The first-order valence-corrected chi connectivity index (χ1v) is 11.8. The van der Waals surface area contributed by atoms with Crippen LogP contribution in [-0.4, -0.2) is 30.2 Å². The van der Waals surface area contributed by atoms with Crippen LogP contribution in [0.5, 0.6) is 0 Å². The fourth-order valence-electron chi connectivity index (χ4n) is 6.51. The molecule has 3 atom stereocenters. The Morgan fingerprint density at radius 3 is 2.62 bits per heavy atom. The summed E-state index contributed by atoms with van der Waals surface area (Å²) in [5.74, 6) is 1.24. The minimum Gasteiger partial charge on any atom is -0.320 e. The number of benzene rings is 1. The Labute approximate surface area is 169 Å². The van der Waals surface area contributed by atoms with E-state index in [-0.39, 0.29) is 28.2 Å². The highest BCUT2D eigenvalue weighted by atomic mass is 32.2. The Kier molecular flexibility index (Phi) is 3.12. The molecule has 2 aromatic heterocycles. The monoisotopic (exact) mass is 409 g/mol. The third-order valence-corrected chi connectivity index (χ3v) is 10.1. The molecule has 1 N–H and O–H groups in total. The van der Waals surface area contributed by atoms with Gasteiger partial charge in [0.25, 0.3) is 0 Å². The van der Waals surface area contributed by atoms with Crippen molar-refractivity contribution in [3.8, 4) is 0 Å². The second-order valence-electron chi connectivity index (χ2n) is 9.51. The molecule has 2 bridgehead atoms. The molecule has 3 aromatic rings. The molecule has 3 aliphatic rings. The van der Waals surface area contributed by atoms with Crippen molar-refractivity contribution >= 4 is 37.6 Å². The highest BCUT2D eigenvalue weighted by Gasteiger charge is 2.71. The number of rotatable bonds is 1. The molecule has 1 spiro atoms. The molecule has 6 rings (SSSR count). The van der Waals surface area contributed by atoms with Gasteiger partial charge in [-0.05, 0) is 48.8 Å². The molecule has 6 nitrogen and oxygen atoms in total. The molecule has 3 heterocycles. The van der Waals surface area contributed by atoms with Crippen molar-refractivity contribution in [2.45, 2.75) is 39.2 Å². The van der Waals surface area contributed by atoms with Crippen LogP contribution in [0.3, 0.4) is 0 Å². The lowest BCUT2D eigenvalue weighted by Gasteiger charge is -2.37. The lowest BCUT2D eigenvalue weighted by Crippen LogP contribution is -2.42. The minimum absolute atomic E-state index is 0.0221. The van der Waals surface area contributed by atoms with Crippen LogP contribution < -0.4 is 9.86 Å². The average molecular weight is 410 g/mol. The summed E-state index contributed by atoms with van der Waals surface area (Å²) < 4.78 is 28.3. The van der Waals surface area contributed by atoms with Crippen LogP contribution in [0.1, 0.15) is 33.1 Å². The lowest BCUT2D eigenvalue weighted by atomic mass is 9.69. The van der Waals surface area contributed by atoms with E-state index in [1.54, 1.807) is 10.4 Å². The fourth-order valence-corrected chi connectivity index (χ4v) is 9.07. The Hall–Kier alpha value is -2.41. The SMILES string of the molecule is CC1(C)[C@@H]2CC[C@]13CS(=O)(=O)N(c1ccc4ccc5ccc(=O)[nH]c5c4n1)[C@@H]3C2. The van der Waals surface area contributed by atoms with Gasteiger partial charge in [-0.25, -0.2) is 17.7 Å². The number of nitrogens with one attached hydrogen (secondary N) is 1. The van der Waals surface area contributed by atoms with Crippen molar-refractivity contribution in [1.82, 2.24) is 9.97 Å². The van der Waals surface area contributed by atoms with Gasteiger partial charge in [0.1, 0.15) is 5.82 Å². The van der Waals surface area contributed by atoms with E-state index in [1.807, 2.05) is 24.3 Å². The average Bonchev–Trinajstić information content (AvgIpc) is 3.15. The zero-order valence-electron chi connectivity index (χ0n) is 16.5. The maximum absolute atomic E-state index is 13.3. The van der Waals surface area contributed by atoms with Crippen LogP contribution in [0.4, 0.5) is 5.82 Å². The smallest absolute Gasteiger partial charge is 0.248 e. The molecule has 2 aliphatic carbocycles. The van der Waals surface area contributed by atoms with Gasteiger partial charge in [0.05, 0.1) is 22.8 Å². The van der Waals surface area contributed by atoms with E-state index in [4.69, 9.17) is 4.98 Å². The number of sulfonamides is 1. The minimum atomic E-state index is -3.45. The Balaban J connectivity index is 1.58. The fraction of sp³-hybridized carbons (Fsp3) is 0.455. The van der Waals surface area contributed by atoms with E-state index in [0.717, 1.165) is 30.0 Å². The number of nitrogens with zero attached hydrogens (tertiary/aromatic N) is 2. The molecular formula is C22H23N3O3S. The molecule has 3 fully saturated rings. The molecule has 0 amide bonds. The molecule has 29 heavy (non-hydrogen) atoms. The first kappa shape index (κ1) is 17.4. The van der Waals surface area contributed by atoms with E-state index >= 15 is 0 Å². The van der Waals surface area contributed by atoms with Crippen LogP contribution in [0.15, 0.2) is 41.2 Å². The van der Waals surface area contributed by atoms with E-state index in [1.165, 1.54) is 6.07 Å². The third kappa shape index (κ3) is 2.04. The molecule has 7 heteroatoms. The Morgan fingerprint density at radius 2 is 1.83 bits per heavy atom. The summed E-state index contributed by atoms with van der Waals surface area (Å²) in [5.41, 5.74) is 0.918. The number of H-pyrrole nitrogens is 1. The summed E-state index contributed by atoms with van der Waals surface area (Å²) in [6.07, 6.45) is 2.98. The van der Waals surface area contributed by atoms with Gasteiger partial charge in [-0.3, -0.25) is 4.79 Å². The molecule has 2 saturated carbocycles. The predicted octanol–water partition coefficient (Wildman–Crippen LogP) is 3.42. The number of hydrogen-bond donors (Lipinski definition) is 1. The maximum atomic E-state index is 13.3. The molecule has 0 unspecified atom stereocenters. The lowest BCUT2D eigenvalue weighted by molar-refractivity contribution is 0.151. The first-order valence-electron chi connectivity index (χ1n) is 10.2. The highest BCUT2D eigenvalue weighted by Crippen LogP contribution is 2.70. The second-order valence-corrected chi connectivity index (χ2v) is 11.4. The number of pyridine rings is 2. The van der Waals surface area contributed by atoms with E-state index < -0.39 is 10.0 Å².